The number of aromatic nitrogens is 3. The summed E-state index contributed by atoms with van der Waals surface area (Å²) in [5, 5.41) is 79.1. The van der Waals surface area contributed by atoms with Crippen molar-refractivity contribution in [2.45, 2.75) is 126 Å². The molecule has 3 aromatic rings. The summed E-state index contributed by atoms with van der Waals surface area (Å²) in [6, 6.07) is -4.05. The van der Waals surface area contributed by atoms with Gasteiger partial charge in [-0.2, -0.15) is 4.98 Å². The lowest BCUT2D eigenvalue weighted by molar-refractivity contribution is -0.144. The number of hydrogen-bond donors (Lipinski definition) is 16. The fourth-order valence-corrected chi connectivity index (χ4v) is 7.18. The molecular formula is C45H56N10O21. The van der Waals surface area contributed by atoms with Gasteiger partial charge in [-0.05, 0) is 74.6 Å². The number of fused-ring (bicyclic) bond motifs is 1. The van der Waals surface area contributed by atoms with Crippen LogP contribution in [0, 0.1) is 0 Å². The Balaban J connectivity index is 1.43. The molecule has 0 spiro atoms. The SMILES string of the molecule is Nc1nc2[nH]cc(CCc3ccc(C(=O)N[C@H](CCC(=O)NC(CCC(=O)N[C@H](CCC(=O)NC(CCC(=O)N[C@H](CCC(=O)NC(CCC(=O)O)C(=O)O)C(=O)O)C(=O)O)C(=O)O)C(=O)O)C(=O)O)cc3)c2c(=O)[nH]1. The highest BCUT2D eigenvalue weighted by Crippen LogP contribution is 2.17. The highest BCUT2D eigenvalue weighted by atomic mass is 16.4. The van der Waals surface area contributed by atoms with Crippen LogP contribution in [-0.2, 0) is 70.4 Å². The van der Waals surface area contributed by atoms with Crippen LogP contribution in [0.1, 0.15) is 98.5 Å². The molecule has 6 amide bonds. The quantitative estimate of drug-likeness (QED) is 0.0292. The Morgan fingerprint density at radius 1 is 0.474 bits per heavy atom. The van der Waals surface area contributed by atoms with E-state index in [0.29, 0.717) is 29.4 Å². The fraction of sp³-hybridized carbons (Fsp3) is 0.444. The molecule has 76 heavy (non-hydrogen) atoms. The van der Waals surface area contributed by atoms with E-state index in [0.717, 1.165) is 5.56 Å². The van der Waals surface area contributed by atoms with Gasteiger partial charge < -0.3 is 78.4 Å². The molecule has 412 valence electrons. The smallest absolute Gasteiger partial charge is 0.326 e. The molecule has 31 nitrogen and oxygen atoms in total. The second-order valence-corrected chi connectivity index (χ2v) is 17.0. The van der Waals surface area contributed by atoms with E-state index in [2.05, 4.69) is 41.5 Å². The summed E-state index contributed by atoms with van der Waals surface area (Å²) >= 11 is 0. The van der Waals surface area contributed by atoms with Crippen LogP contribution in [0.25, 0.3) is 11.0 Å². The minimum Gasteiger partial charge on any atom is -0.481 e. The molecule has 6 atom stereocenters. The van der Waals surface area contributed by atoms with Crippen molar-refractivity contribution >= 4 is 94.2 Å². The number of carboxylic acids is 7. The first-order chi connectivity index (χ1) is 35.7. The molecule has 1 aromatic carbocycles. The maximum absolute atomic E-state index is 12.9. The first-order valence-corrected chi connectivity index (χ1v) is 23.0. The summed E-state index contributed by atoms with van der Waals surface area (Å²) in [4.78, 5) is 179. The van der Waals surface area contributed by atoms with Crippen LogP contribution >= 0.6 is 0 Å². The average molecular weight is 1070 g/mol. The van der Waals surface area contributed by atoms with Gasteiger partial charge in [0.25, 0.3) is 11.5 Å². The molecule has 2 aromatic heterocycles. The Bertz CT molecular complexity index is 2740. The number of amides is 6. The number of carbonyl (C=O) groups excluding carboxylic acids is 6. The summed E-state index contributed by atoms with van der Waals surface area (Å²) < 4.78 is 0. The second kappa shape index (κ2) is 29.3. The second-order valence-electron chi connectivity index (χ2n) is 17.0. The van der Waals surface area contributed by atoms with Crippen LogP contribution in [0.5, 0.6) is 0 Å². The first kappa shape index (κ1) is 60.9. The summed E-state index contributed by atoms with van der Waals surface area (Å²) in [6.07, 6.45) is -4.75. The number of nitrogens with two attached hydrogens (primary N) is 1. The molecular weight excluding hydrogens is 1020 g/mol. The maximum atomic E-state index is 12.9. The number of aryl methyl sites for hydroxylation is 2. The van der Waals surface area contributed by atoms with Crippen LogP contribution in [0.3, 0.4) is 0 Å². The van der Waals surface area contributed by atoms with Gasteiger partial charge >= 0.3 is 41.8 Å². The molecule has 2 heterocycles. The van der Waals surface area contributed by atoms with E-state index in [1.807, 2.05) is 5.32 Å². The molecule has 3 rings (SSSR count). The van der Waals surface area contributed by atoms with Gasteiger partial charge in [0, 0.05) is 50.3 Å². The van der Waals surface area contributed by atoms with Gasteiger partial charge in [-0.15, -0.1) is 0 Å². The van der Waals surface area contributed by atoms with Gasteiger partial charge in [-0.3, -0.25) is 43.3 Å². The largest absolute Gasteiger partial charge is 0.481 e. The lowest BCUT2D eigenvalue weighted by Crippen LogP contribution is -2.46. The van der Waals surface area contributed by atoms with Crippen molar-refractivity contribution in [3.8, 4) is 0 Å². The Hall–Kier alpha value is -9.45. The number of rotatable bonds is 34. The van der Waals surface area contributed by atoms with E-state index < -0.39 is 196 Å². The number of nitrogen functional groups attached to an aromatic ring is 1. The van der Waals surface area contributed by atoms with Crippen LogP contribution in [0.2, 0.25) is 0 Å². The van der Waals surface area contributed by atoms with Crippen LogP contribution in [0.15, 0.2) is 35.3 Å². The number of benzene rings is 1. The molecule has 0 bridgehead atoms. The predicted octanol–water partition coefficient (Wildman–Crippen LogP) is -2.59. The lowest BCUT2D eigenvalue weighted by atomic mass is 10.0. The number of aliphatic carboxylic acids is 7. The third kappa shape index (κ3) is 20.6. The molecule has 0 aliphatic heterocycles. The highest BCUT2D eigenvalue weighted by molar-refractivity contribution is 5.97. The Labute approximate surface area is 427 Å². The summed E-state index contributed by atoms with van der Waals surface area (Å²) in [5.41, 5.74) is 7.03. The maximum Gasteiger partial charge on any atom is 0.326 e. The third-order valence-electron chi connectivity index (χ3n) is 11.3. The van der Waals surface area contributed by atoms with E-state index in [-0.39, 0.29) is 11.5 Å². The number of nitrogens with zero attached hydrogens (tertiary/aromatic N) is 1. The van der Waals surface area contributed by atoms with Crippen molar-refractivity contribution in [2.24, 2.45) is 0 Å². The standard InChI is InChI=1S/C45H56N10O21/c46-45-54-36-35(38(64)55-45)22(19-47-36)6-3-20-1-4-21(5-2-20)37(63)53-28(44(75)76)11-17-33(60)51-26(42(71)72)9-15-31(58)49-24(40(67)68)7-13-29(56)48-23(39(65)66)8-14-30(57)50-25(41(69)70)10-16-32(59)52-27(43(73)74)12-18-34(61)62/h1-2,4-5,19,23-28H,3,6-18H2,(H,48,56)(H,49,58)(H,50,57)(H,51,60)(H,52,59)(H,53,63)(H,61,62)(H,65,66)(H,67,68)(H,69,70)(H,71,72)(H,73,74)(H,75,76)(H4,46,47,54,55,64)/t23?,24-,25-,26?,27?,28-/m1/s1. The molecule has 0 saturated carbocycles. The highest BCUT2D eigenvalue weighted by Gasteiger charge is 2.29. The number of H-pyrrole nitrogens is 2. The van der Waals surface area contributed by atoms with Gasteiger partial charge in [0.2, 0.25) is 35.5 Å². The zero-order valence-electron chi connectivity index (χ0n) is 40.1. The molecule has 0 aliphatic carbocycles. The number of carbonyl (C=O) groups is 13. The zero-order valence-corrected chi connectivity index (χ0v) is 40.1. The van der Waals surface area contributed by atoms with Crippen molar-refractivity contribution in [3.63, 3.8) is 0 Å². The monoisotopic (exact) mass is 1070 g/mol. The topological polar surface area (TPSA) is 523 Å². The van der Waals surface area contributed by atoms with Gasteiger partial charge in [0.05, 0.1) is 5.39 Å². The van der Waals surface area contributed by atoms with Crippen molar-refractivity contribution in [1.29, 1.82) is 0 Å². The Morgan fingerprint density at radius 3 is 1.13 bits per heavy atom. The fourth-order valence-electron chi connectivity index (χ4n) is 7.18. The van der Waals surface area contributed by atoms with E-state index in [9.17, 15) is 97.8 Å². The van der Waals surface area contributed by atoms with Crippen molar-refractivity contribution in [1.82, 2.24) is 46.9 Å². The molecule has 0 fully saturated rings. The van der Waals surface area contributed by atoms with Crippen LogP contribution < -0.4 is 43.2 Å². The summed E-state index contributed by atoms with van der Waals surface area (Å²) in [6.45, 7) is 0. The minimum atomic E-state index is -1.77. The van der Waals surface area contributed by atoms with Gasteiger partial charge in [-0.25, -0.2) is 28.8 Å². The Morgan fingerprint density at radius 2 is 0.803 bits per heavy atom. The van der Waals surface area contributed by atoms with E-state index >= 15 is 0 Å². The van der Waals surface area contributed by atoms with Gasteiger partial charge in [0.15, 0.2) is 0 Å². The molecule has 0 saturated heterocycles. The average Bonchev–Trinajstić information content (AvgIpc) is 3.75. The summed E-state index contributed by atoms with van der Waals surface area (Å²) in [7, 11) is 0. The lowest BCUT2D eigenvalue weighted by Gasteiger charge is -2.19. The van der Waals surface area contributed by atoms with Crippen molar-refractivity contribution < 1.29 is 98.1 Å². The summed E-state index contributed by atoms with van der Waals surface area (Å²) in [5.74, 6) is -16.8. The first-order valence-electron chi connectivity index (χ1n) is 23.0. The minimum absolute atomic E-state index is 0.0438. The van der Waals surface area contributed by atoms with Gasteiger partial charge in [-0.1, -0.05) is 12.1 Å². The van der Waals surface area contributed by atoms with Crippen molar-refractivity contribution in [2.75, 3.05) is 5.73 Å². The normalized spacial score (nSPS) is 13.3. The molecule has 0 radical (unpaired) electrons. The van der Waals surface area contributed by atoms with E-state index in [1.165, 1.54) is 12.1 Å². The van der Waals surface area contributed by atoms with Gasteiger partial charge in [0.1, 0.15) is 41.9 Å². The number of nitrogens with one attached hydrogen (secondary N) is 8. The van der Waals surface area contributed by atoms with Crippen molar-refractivity contribution in [3.05, 3.63) is 57.5 Å². The number of anilines is 1. The molecule has 0 aliphatic rings. The number of aromatic amines is 2. The van der Waals surface area contributed by atoms with E-state index in [4.69, 9.17) is 10.8 Å². The van der Waals surface area contributed by atoms with E-state index in [1.54, 1.807) is 18.3 Å². The number of hydrogen-bond acceptors (Lipinski definition) is 16. The molecule has 17 N–H and O–H groups in total. The zero-order chi connectivity index (χ0) is 56.8. The predicted molar refractivity (Wildman–Crippen MR) is 255 cm³/mol. The molecule has 31 heteroatoms. The number of carboxylic acid groups (broad SMARTS) is 7. The van der Waals surface area contributed by atoms with Crippen LogP contribution in [0.4, 0.5) is 5.95 Å². The molecule has 3 unspecified atom stereocenters. The Kier molecular flexibility index (Phi) is 23.5. The van der Waals surface area contributed by atoms with Crippen LogP contribution in [-0.4, -0.2) is 164 Å². The third-order valence-corrected chi connectivity index (χ3v) is 11.3.